The first-order chi connectivity index (χ1) is 17.4. The molecule has 0 unspecified atom stereocenters. The van der Waals surface area contributed by atoms with Gasteiger partial charge < -0.3 is 5.11 Å². The molecule has 0 aliphatic rings. The number of hydrogen-bond donors (Lipinski definition) is 1. The van der Waals surface area contributed by atoms with Crippen molar-refractivity contribution in [3.63, 3.8) is 0 Å². The summed E-state index contributed by atoms with van der Waals surface area (Å²) in [5.41, 5.74) is 3.74. The number of fused-ring (bicyclic) bond motifs is 2. The van der Waals surface area contributed by atoms with Crippen LogP contribution in [0.5, 0.6) is 0 Å². The number of halogens is 2. The number of benzene rings is 2. The van der Waals surface area contributed by atoms with Gasteiger partial charge in [-0.1, -0.05) is 108 Å². The Morgan fingerprint density at radius 1 is 0.737 bits per heavy atom. The molecule has 38 heavy (non-hydrogen) atoms. The molecule has 0 spiro atoms. The predicted molar refractivity (Wildman–Crippen MR) is 160 cm³/mol. The van der Waals surface area contributed by atoms with Crippen molar-refractivity contribution in [3.8, 4) is 0 Å². The fraction of sp³-hybridized carbons (Fsp3) is 0.433. The number of unbranched alkanes of at least 4 members (excludes halogenated alkanes) is 4. The number of aliphatic hydroxyl groups is 1. The third-order valence-electron chi connectivity index (χ3n) is 5.75. The molecule has 8 heteroatoms. The lowest BCUT2D eigenvalue weighted by molar-refractivity contribution is 0.0974. The molecule has 0 saturated carbocycles. The van der Waals surface area contributed by atoms with Crippen LogP contribution in [-0.4, -0.2) is 30.8 Å². The zero-order valence-electron chi connectivity index (χ0n) is 20.8. The summed E-state index contributed by atoms with van der Waals surface area (Å²) < 4.78 is 0. The zero-order valence-corrected chi connectivity index (χ0v) is 22.3. The van der Waals surface area contributed by atoms with E-state index in [0.717, 1.165) is 49.6 Å². The van der Waals surface area contributed by atoms with Crippen molar-refractivity contribution in [1.82, 2.24) is 19.9 Å². The fourth-order valence-corrected chi connectivity index (χ4v) is 4.24. The monoisotopic (exact) mass is 558 g/mol. The van der Waals surface area contributed by atoms with Crippen molar-refractivity contribution in [3.05, 3.63) is 70.2 Å². The van der Waals surface area contributed by atoms with E-state index in [1.165, 1.54) is 0 Å². The minimum Gasteiger partial charge on any atom is -0.387 e. The molecule has 4 aromatic rings. The van der Waals surface area contributed by atoms with Crippen LogP contribution in [-0.2, 0) is 0 Å². The number of nitrogens with zero attached hydrogens (tertiary/aromatic N) is 4. The molecule has 0 aliphatic carbocycles. The summed E-state index contributed by atoms with van der Waals surface area (Å²) in [6.45, 7) is 4.24. The van der Waals surface area contributed by atoms with Gasteiger partial charge in [0, 0.05) is 6.42 Å². The molecule has 2 aromatic heterocycles. The summed E-state index contributed by atoms with van der Waals surface area (Å²) in [6.07, 6.45) is 6.76. The lowest BCUT2D eigenvalue weighted by Gasteiger charge is -2.11. The van der Waals surface area contributed by atoms with E-state index in [9.17, 15) is 9.90 Å². The molecule has 0 saturated heterocycles. The van der Waals surface area contributed by atoms with Crippen LogP contribution in [0.4, 0.5) is 0 Å². The molecular weight excluding hydrogens is 519 g/mol. The Kier molecular flexibility index (Phi) is 14.9. The van der Waals surface area contributed by atoms with Crippen LogP contribution < -0.4 is 0 Å². The third-order valence-corrected chi connectivity index (χ3v) is 6.29. The summed E-state index contributed by atoms with van der Waals surface area (Å²) in [6, 6.07) is 14.9. The SMILES string of the molecule is C.C.CCCCCC(=O)c1nc2ccccc2nc1Cl.CCCCC[C@@H](O)c1nc2ccccc2nc1Cl. The van der Waals surface area contributed by atoms with E-state index in [4.69, 9.17) is 23.2 Å². The fourth-order valence-electron chi connectivity index (χ4n) is 3.74. The van der Waals surface area contributed by atoms with Gasteiger partial charge in [-0.3, -0.25) is 4.79 Å². The summed E-state index contributed by atoms with van der Waals surface area (Å²) in [5.74, 6) is -0.0216. The smallest absolute Gasteiger partial charge is 0.184 e. The number of hydrogen-bond acceptors (Lipinski definition) is 6. The van der Waals surface area contributed by atoms with Gasteiger partial charge in [0.1, 0.15) is 11.4 Å². The molecule has 0 bridgehead atoms. The van der Waals surface area contributed by atoms with E-state index in [1.807, 2.05) is 48.5 Å². The largest absolute Gasteiger partial charge is 0.387 e. The number of aliphatic hydroxyl groups excluding tert-OH is 1. The molecule has 0 aliphatic heterocycles. The van der Waals surface area contributed by atoms with E-state index >= 15 is 0 Å². The second-order valence-corrected chi connectivity index (χ2v) is 9.35. The molecule has 0 amide bonds. The van der Waals surface area contributed by atoms with E-state index in [-0.39, 0.29) is 25.8 Å². The van der Waals surface area contributed by atoms with Crippen molar-refractivity contribution < 1.29 is 9.90 Å². The van der Waals surface area contributed by atoms with Crippen LogP contribution in [0.15, 0.2) is 48.5 Å². The lowest BCUT2D eigenvalue weighted by Crippen LogP contribution is -2.05. The van der Waals surface area contributed by atoms with Crippen LogP contribution >= 0.6 is 23.2 Å². The second kappa shape index (κ2) is 17.0. The molecule has 1 atom stereocenters. The van der Waals surface area contributed by atoms with E-state index in [1.54, 1.807) is 0 Å². The van der Waals surface area contributed by atoms with Gasteiger partial charge in [0.25, 0.3) is 0 Å². The molecular formula is C30H40Cl2N4O2. The molecule has 0 radical (unpaired) electrons. The third kappa shape index (κ3) is 9.26. The molecule has 1 N–H and O–H groups in total. The average Bonchev–Trinajstić information content (AvgIpc) is 2.88. The first kappa shape index (κ1) is 33.4. The number of Topliss-reactive ketones (excluding diaryl/α,β-unsaturated/α-hetero) is 1. The molecule has 0 fully saturated rings. The Bertz CT molecular complexity index is 1300. The van der Waals surface area contributed by atoms with Crippen LogP contribution in [0.2, 0.25) is 10.3 Å². The van der Waals surface area contributed by atoms with Gasteiger partial charge in [-0.05, 0) is 37.1 Å². The standard InChI is InChI=1S/C14H17ClN2O.C14H15ClN2O.2CH4/c2*1-2-3-4-9-12(18)13-14(15)17-11-8-6-5-7-10(11)16-13;;/h5-8,12,18H,2-4,9H2,1H3;5-8H,2-4,9H2,1H3;2*1H4/t12-;;;/m1.../s1. The number of para-hydroxylation sites is 4. The minimum atomic E-state index is -0.624. The lowest BCUT2D eigenvalue weighted by atomic mass is 10.1. The number of carbonyl (C=O) groups is 1. The van der Waals surface area contributed by atoms with Gasteiger partial charge in [0.2, 0.25) is 0 Å². The number of aromatic nitrogens is 4. The average molecular weight is 560 g/mol. The Morgan fingerprint density at radius 3 is 1.76 bits per heavy atom. The second-order valence-electron chi connectivity index (χ2n) is 8.63. The molecule has 2 heterocycles. The Morgan fingerprint density at radius 2 is 1.21 bits per heavy atom. The van der Waals surface area contributed by atoms with E-state index in [2.05, 4.69) is 33.8 Å². The highest BCUT2D eigenvalue weighted by Gasteiger charge is 2.16. The van der Waals surface area contributed by atoms with Crippen molar-refractivity contribution >= 4 is 51.1 Å². The summed E-state index contributed by atoms with van der Waals surface area (Å²) in [5, 5.41) is 10.6. The van der Waals surface area contributed by atoms with Crippen molar-refractivity contribution in [2.45, 2.75) is 86.2 Å². The first-order valence-electron chi connectivity index (χ1n) is 12.5. The Balaban J connectivity index is 0.000000361. The first-order valence-corrected chi connectivity index (χ1v) is 13.3. The quantitative estimate of drug-likeness (QED) is 0.154. The molecule has 2 aromatic carbocycles. The van der Waals surface area contributed by atoms with Crippen LogP contribution in [0.1, 0.15) is 102 Å². The highest BCUT2D eigenvalue weighted by atomic mass is 35.5. The Labute approximate surface area is 236 Å². The van der Waals surface area contributed by atoms with Crippen molar-refractivity contribution in [2.24, 2.45) is 0 Å². The van der Waals surface area contributed by atoms with Gasteiger partial charge in [-0.15, -0.1) is 0 Å². The highest BCUT2D eigenvalue weighted by Crippen LogP contribution is 2.26. The number of ketones is 1. The maximum atomic E-state index is 12.0. The zero-order chi connectivity index (χ0) is 25.9. The number of rotatable bonds is 10. The molecule has 6 nitrogen and oxygen atoms in total. The summed E-state index contributed by atoms with van der Waals surface area (Å²) >= 11 is 12.1. The molecule has 206 valence electrons. The normalized spacial score (nSPS) is 11.2. The van der Waals surface area contributed by atoms with Gasteiger partial charge in [-0.2, -0.15) is 0 Å². The highest BCUT2D eigenvalue weighted by molar-refractivity contribution is 6.32. The minimum absolute atomic E-state index is 0. The maximum Gasteiger partial charge on any atom is 0.184 e. The van der Waals surface area contributed by atoms with Gasteiger partial charge in [0.15, 0.2) is 16.1 Å². The summed E-state index contributed by atoms with van der Waals surface area (Å²) in [7, 11) is 0. The topological polar surface area (TPSA) is 88.9 Å². The van der Waals surface area contributed by atoms with Crippen LogP contribution in [0.3, 0.4) is 0 Å². The van der Waals surface area contributed by atoms with E-state index < -0.39 is 6.10 Å². The van der Waals surface area contributed by atoms with Crippen LogP contribution in [0, 0.1) is 0 Å². The summed E-state index contributed by atoms with van der Waals surface area (Å²) in [4.78, 5) is 29.2. The van der Waals surface area contributed by atoms with Gasteiger partial charge in [-0.25, -0.2) is 19.9 Å². The van der Waals surface area contributed by atoms with Gasteiger partial charge in [0.05, 0.1) is 28.2 Å². The molecule has 4 rings (SSSR count). The predicted octanol–water partition coefficient (Wildman–Crippen LogP) is 9.22. The number of carbonyl (C=O) groups excluding carboxylic acids is 1. The van der Waals surface area contributed by atoms with E-state index in [0.29, 0.717) is 40.4 Å². The van der Waals surface area contributed by atoms with Crippen molar-refractivity contribution in [2.75, 3.05) is 0 Å². The van der Waals surface area contributed by atoms with Gasteiger partial charge >= 0.3 is 0 Å². The van der Waals surface area contributed by atoms with Crippen LogP contribution in [0.25, 0.3) is 22.1 Å². The Hall–Kier alpha value is -2.67. The maximum absolute atomic E-state index is 12.0. The van der Waals surface area contributed by atoms with Crippen molar-refractivity contribution in [1.29, 1.82) is 0 Å².